The molecule has 332 valence electrons. The summed E-state index contributed by atoms with van der Waals surface area (Å²) in [7, 11) is 0. The fourth-order valence-corrected chi connectivity index (χ4v) is 11.8. The minimum atomic E-state index is 0.478. The molecular formula is C71H48. The lowest BCUT2D eigenvalue weighted by Crippen LogP contribution is -2.01. The van der Waals surface area contributed by atoms with E-state index in [0.717, 1.165) is 6.42 Å². The summed E-state index contributed by atoms with van der Waals surface area (Å²) in [5.41, 5.74) is 17.4. The first-order chi connectivity index (χ1) is 35.1. The van der Waals surface area contributed by atoms with Crippen molar-refractivity contribution in [2.75, 3.05) is 0 Å². The van der Waals surface area contributed by atoms with Crippen molar-refractivity contribution in [2.45, 2.75) is 19.3 Å². The van der Waals surface area contributed by atoms with Crippen LogP contribution in [0.15, 0.2) is 249 Å². The highest BCUT2D eigenvalue weighted by Crippen LogP contribution is 2.46. The van der Waals surface area contributed by atoms with E-state index in [1.54, 1.807) is 0 Å². The van der Waals surface area contributed by atoms with Crippen LogP contribution in [0.3, 0.4) is 0 Å². The monoisotopic (exact) mass is 900 g/mol. The van der Waals surface area contributed by atoms with E-state index in [4.69, 9.17) is 0 Å². The molecule has 0 aliphatic heterocycles. The highest BCUT2D eigenvalue weighted by molar-refractivity contribution is 6.24. The van der Waals surface area contributed by atoms with E-state index in [2.05, 4.69) is 262 Å². The Morgan fingerprint density at radius 1 is 0.268 bits per heavy atom. The summed E-state index contributed by atoms with van der Waals surface area (Å²) in [6.45, 7) is 2.35. The molecule has 0 spiro atoms. The Bertz CT molecular complexity index is 4330. The van der Waals surface area contributed by atoms with Crippen LogP contribution < -0.4 is 0 Å². The summed E-state index contributed by atoms with van der Waals surface area (Å²) in [5, 5.41) is 15.0. The zero-order valence-corrected chi connectivity index (χ0v) is 39.5. The average Bonchev–Trinajstić information content (AvgIpc) is 3.44. The molecule has 1 aliphatic rings. The van der Waals surface area contributed by atoms with Gasteiger partial charge in [0.15, 0.2) is 0 Å². The van der Waals surface area contributed by atoms with E-state index in [1.807, 2.05) is 0 Å². The zero-order chi connectivity index (χ0) is 47.0. The molecule has 71 heavy (non-hydrogen) atoms. The van der Waals surface area contributed by atoms with Crippen molar-refractivity contribution in [3.63, 3.8) is 0 Å². The number of hydrogen-bond acceptors (Lipinski definition) is 0. The Labute approximate surface area is 414 Å². The molecule has 0 nitrogen and oxygen atoms in total. The predicted molar refractivity (Wildman–Crippen MR) is 306 cm³/mol. The Balaban J connectivity index is 1.02. The zero-order valence-electron chi connectivity index (χ0n) is 39.5. The van der Waals surface area contributed by atoms with Gasteiger partial charge in [-0.25, -0.2) is 0 Å². The summed E-state index contributed by atoms with van der Waals surface area (Å²) in [6.07, 6.45) is 5.77. The Kier molecular flexibility index (Phi) is 9.68. The third-order valence-corrected chi connectivity index (χ3v) is 15.4. The van der Waals surface area contributed by atoms with Crippen LogP contribution in [0.25, 0.3) is 137 Å². The first-order valence-corrected chi connectivity index (χ1v) is 25.0. The van der Waals surface area contributed by atoms with Crippen LogP contribution in [0, 0.1) is 0 Å². The van der Waals surface area contributed by atoms with Crippen LogP contribution in [0.4, 0.5) is 0 Å². The molecule has 0 N–H and O–H groups in total. The van der Waals surface area contributed by atoms with Gasteiger partial charge in [0.1, 0.15) is 0 Å². The van der Waals surface area contributed by atoms with Crippen molar-refractivity contribution >= 4 is 70.7 Å². The normalized spacial score (nSPS) is 13.5. The van der Waals surface area contributed by atoms with Gasteiger partial charge in [0.05, 0.1) is 0 Å². The first kappa shape index (κ1) is 41.2. The summed E-state index contributed by atoms with van der Waals surface area (Å²) >= 11 is 0. The van der Waals surface area contributed by atoms with Gasteiger partial charge in [0.2, 0.25) is 0 Å². The molecule has 13 aromatic rings. The maximum absolute atomic E-state index is 2.49. The van der Waals surface area contributed by atoms with Crippen molar-refractivity contribution in [1.29, 1.82) is 0 Å². The largest absolute Gasteiger partial charge is 0.0833 e. The van der Waals surface area contributed by atoms with Crippen LogP contribution in [0.2, 0.25) is 0 Å². The summed E-state index contributed by atoms with van der Waals surface area (Å²) in [5.74, 6) is 0.478. The second-order valence-corrected chi connectivity index (χ2v) is 19.6. The van der Waals surface area contributed by atoms with Gasteiger partial charge in [-0.1, -0.05) is 201 Å². The molecule has 0 bridgehead atoms. The van der Waals surface area contributed by atoms with E-state index >= 15 is 0 Å². The van der Waals surface area contributed by atoms with Gasteiger partial charge in [-0.3, -0.25) is 0 Å². The third kappa shape index (κ3) is 7.06. The average molecular weight is 901 g/mol. The molecule has 0 radical (unpaired) electrons. The van der Waals surface area contributed by atoms with Gasteiger partial charge in [0, 0.05) is 0 Å². The lowest BCUT2D eigenvalue weighted by molar-refractivity contribution is 0.772. The van der Waals surface area contributed by atoms with Crippen molar-refractivity contribution in [1.82, 2.24) is 0 Å². The second-order valence-electron chi connectivity index (χ2n) is 19.6. The number of hydrogen-bond donors (Lipinski definition) is 0. The summed E-state index contributed by atoms with van der Waals surface area (Å²) in [4.78, 5) is 0. The molecule has 0 amide bonds. The molecule has 13 aromatic carbocycles. The Morgan fingerprint density at radius 2 is 0.690 bits per heavy atom. The van der Waals surface area contributed by atoms with Crippen molar-refractivity contribution in [3.8, 4) is 66.8 Å². The molecule has 1 unspecified atom stereocenters. The van der Waals surface area contributed by atoms with E-state index in [-0.39, 0.29) is 0 Å². The van der Waals surface area contributed by atoms with Gasteiger partial charge in [-0.15, -0.1) is 0 Å². The molecule has 0 aromatic heterocycles. The maximum Gasteiger partial charge on any atom is -0.00923 e. The number of rotatable bonds is 6. The van der Waals surface area contributed by atoms with Gasteiger partial charge in [-0.05, 0) is 216 Å². The summed E-state index contributed by atoms with van der Waals surface area (Å²) in [6, 6.07) is 91.2. The maximum atomic E-state index is 2.49. The minimum Gasteiger partial charge on any atom is -0.0833 e. The highest BCUT2D eigenvalue weighted by Gasteiger charge is 2.21. The van der Waals surface area contributed by atoms with E-state index in [0.29, 0.717) is 5.92 Å². The molecule has 0 heteroatoms. The van der Waals surface area contributed by atoms with E-state index in [9.17, 15) is 0 Å². The fourth-order valence-electron chi connectivity index (χ4n) is 11.8. The van der Waals surface area contributed by atoms with E-state index in [1.165, 1.54) is 143 Å². The van der Waals surface area contributed by atoms with Crippen molar-refractivity contribution in [3.05, 3.63) is 260 Å². The molecule has 0 fully saturated rings. The molecule has 0 saturated heterocycles. The lowest BCUT2D eigenvalue weighted by Gasteiger charge is -2.22. The Morgan fingerprint density at radius 3 is 1.27 bits per heavy atom. The van der Waals surface area contributed by atoms with Crippen LogP contribution in [0.1, 0.15) is 30.4 Å². The topological polar surface area (TPSA) is 0 Å². The quantitative estimate of drug-likeness (QED) is 0.146. The molecule has 0 saturated carbocycles. The van der Waals surface area contributed by atoms with Crippen LogP contribution in [-0.4, -0.2) is 0 Å². The van der Waals surface area contributed by atoms with E-state index < -0.39 is 0 Å². The van der Waals surface area contributed by atoms with Crippen LogP contribution in [-0.2, 0) is 0 Å². The molecular weight excluding hydrogens is 853 g/mol. The van der Waals surface area contributed by atoms with Crippen molar-refractivity contribution < 1.29 is 0 Å². The number of benzene rings is 13. The van der Waals surface area contributed by atoms with Crippen molar-refractivity contribution in [2.24, 2.45) is 0 Å². The molecule has 1 atom stereocenters. The molecule has 1 aliphatic carbocycles. The number of fused-ring (bicyclic) bond motifs is 9. The van der Waals surface area contributed by atoms with Crippen LogP contribution in [0.5, 0.6) is 0 Å². The van der Waals surface area contributed by atoms with Gasteiger partial charge < -0.3 is 0 Å². The first-order valence-electron chi connectivity index (χ1n) is 25.0. The SMILES string of the molecule is CC1CC=Cc2c(-c3cc(-c4ccc5ccccc5c4)cc(-c4cc5c6ccccc6c(-c6cc(-c7ccc8ccccc8c7)cc(-c7cccc8ccccc78)c6)cc5c5ccccc45)c3)cccc21. The minimum absolute atomic E-state index is 0.478. The second kappa shape index (κ2) is 16.7. The predicted octanol–water partition coefficient (Wildman–Crippen LogP) is 20.1. The Hall–Kier alpha value is -8.84. The summed E-state index contributed by atoms with van der Waals surface area (Å²) < 4.78 is 0. The molecule has 0 heterocycles. The lowest BCUT2D eigenvalue weighted by atomic mass is 9.82. The number of allylic oxidation sites excluding steroid dienone is 1. The van der Waals surface area contributed by atoms with Gasteiger partial charge in [-0.2, -0.15) is 0 Å². The fraction of sp³-hybridized carbons (Fsp3) is 0.0423. The van der Waals surface area contributed by atoms with Gasteiger partial charge in [0.25, 0.3) is 0 Å². The standard InChI is InChI=1S/C71H48/c1-45-15-12-30-63-59(45)27-14-29-62(63)56-38-54(52-34-32-47-17-3-5-20-50(47)36-52)40-58(42-56)69-44-71-66-25-10-8-23-64(66)68(43-70(71)67-26-11-9-24-65(67)69)57-39-53(51-33-31-46-16-2-4-19-49(46)35-51)37-55(41-57)61-28-13-21-48-18-6-7-22-60(48)61/h2-14,16-45H,15H2,1H3. The highest BCUT2D eigenvalue weighted by atomic mass is 14.2. The van der Waals surface area contributed by atoms with Gasteiger partial charge >= 0.3 is 0 Å². The third-order valence-electron chi connectivity index (χ3n) is 15.4. The smallest absolute Gasteiger partial charge is 0.00923 e. The molecule has 14 rings (SSSR count). The van der Waals surface area contributed by atoms with Crippen LogP contribution >= 0.6 is 0 Å².